The molecule has 3 N–H and O–H groups in total. The highest BCUT2D eigenvalue weighted by atomic mass is 16.3. The third-order valence-electron chi connectivity index (χ3n) is 6.63. The minimum absolute atomic E-state index is 0.0769. The molecule has 0 radical (unpaired) electrons. The molecule has 194 valence electrons. The van der Waals surface area contributed by atoms with Crippen molar-refractivity contribution in [3.05, 3.63) is 46.4 Å². The number of amides is 3. The summed E-state index contributed by atoms with van der Waals surface area (Å²) in [5.74, 6) is -0.374. The first-order valence-electron chi connectivity index (χ1n) is 12.3. The summed E-state index contributed by atoms with van der Waals surface area (Å²) < 4.78 is 1.82. The normalized spacial score (nSPS) is 15.8. The van der Waals surface area contributed by atoms with Gasteiger partial charge < -0.3 is 20.6 Å². The van der Waals surface area contributed by atoms with Gasteiger partial charge in [0.2, 0.25) is 12.3 Å². The first kappa shape index (κ1) is 27.1. The lowest BCUT2D eigenvalue weighted by Crippen LogP contribution is -2.39. The molecule has 10 nitrogen and oxygen atoms in total. The van der Waals surface area contributed by atoms with Gasteiger partial charge in [-0.25, -0.2) is 9.67 Å². The third kappa shape index (κ3) is 6.17. The molecular formula is C26H36N6O4. The maximum absolute atomic E-state index is 13.4. The van der Waals surface area contributed by atoms with E-state index in [1.807, 2.05) is 44.5 Å². The molecule has 10 heteroatoms. The number of rotatable bonds is 9. The van der Waals surface area contributed by atoms with Crippen molar-refractivity contribution in [3.63, 3.8) is 0 Å². The summed E-state index contributed by atoms with van der Waals surface area (Å²) in [6.45, 7) is 10.7. The molecule has 0 aromatic carbocycles. The second-order valence-corrected chi connectivity index (χ2v) is 9.56. The minimum Gasteiger partial charge on any atom is -0.387 e. The van der Waals surface area contributed by atoms with Crippen LogP contribution in [0.5, 0.6) is 0 Å². The van der Waals surface area contributed by atoms with Gasteiger partial charge in [-0.2, -0.15) is 5.10 Å². The van der Waals surface area contributed by atoms with Crippen LogP contribution in [0.3, 0.4) is 0 Å². The fourth-order valence-corrected chi connectivity index (χ4v) is 4.37. The van der Waals surface area contributed by atoms with E-state index >= 15 is 0 Å². The molecule has 0 atom stereocenters. The molecule has 0 saturated carbocycles. The Hall–Kier alpha value is -3.53. The molecule has 2 aromatic heterocycles. The number of carbonyl (C=O) groups excluding carboxylic acids is 3. The molecule has 0 bridgehead atoms. The third-order valence-corrected chi connectivity index (χ3v) is 6.63. The number of aliphatic hydroxyl groups is 1. The summed E-state index contributed by atoms with van der Waals surface area (Å²) >= 11 is 0. The SMILES string of the molecule is C/C(=C/C(C)=C(\C)CNC(=O)c1cc(C2CCN(C(=O)CO)CC2)nc2c1cnn2C(C)C)NC=O. The highest BCUT2D eigenvalue weighted by molar-refractivity contribution is 6.05. The lowest BCUT2D eigenvalue weighted by Gasteiger charge is -2.31. The van der Waals surface area contributed by atoms with Crippen LogP contribution < -0.4 is 10.6 Å². The number of allylic oxidation sites excluding steroid dienone is 3. The molecule has 0 spiro atoms. The number of likely N-dealkylation sites (tertiary alicyclic amines) is 1. The summed E-state index contributed by atoms with van der Waals surface area (Å²) in [5, 5.41) is 20.0. The van der Waals surface area contributed by atoms with E-state index in [0.29, 0.717) is 55.5 Å². The summed E-state index contributed by atoms with van der Waals surface area (Å²) in [5.41, 5.74) is 4.66. The Morgan fingerprint density at radius 2 is 1.92 bits per heavy atom. The molecule has 1 fully saturated rings. The Morgan fingerprint density at radius 3 is 2.53 bits per heavy atom. The monoisotopic (exact) mass is 496 g/mol. The Bertz CT molecular complexity index is 1190. The van der Waals surface area contributed by atoms with E-state index in [4.69, 9.17) is 10.1 Å². The molecule has 1 aliphatic rings. The van der Waals surface area contributed by atoms with E-state index in [0.717, 1.165) is 22.5 Å². The predicted molar refractivity (Wildman–Crippen MR) is 137 cm³/mol. The van der Waals surface area contributed by atoms with E-state index in [-0.39, 0.29) is 23.8 Å². The highest BCUT2D eigenvalue weighted by Gasteiger charge is 2.27. The predicted octanol–water partition coefficient (Wildman–Crippen LogP) is 2.43. The number of hydrogen-bond donors (Lipinski definition) is 3. The second kappa shape index (κ2) is 11.9. The van der Waals surface area contributed by atoms with E-state index < -0.39 is 6.61 Å². The van der Waals surface area contributed by atoms with Crippen LogP contribution in [-0.2, 0) is 9.59 Å². The maximum atomic E-state index is 13.4. The Kier molecular flexibility index (Phi) is 8.98. The Labute approximate surface area is 211 Å². The zero-order valence-electron chi connectivity index (χ0n) is 21.7. The van der Waals surface area contributed by atoms with Gasteiger partial charge in [-0.05, 0) is 65.2 Å². The van der Waals surface area contributed by atoms with Crippen LogP contribution in [0, 0.1) is 0 Å². The molecule has 3 heterocycles. The van der Waals surface area contributed by atoms with Gasteiger partial charge in [0.15, 0.2) is 5.65 Å². The molecular weight excluding hydrogens is 460 g/mol. The number of nitrogens with one attached hydrogen (secondary N) is 2. The van der Waals surface area contributed by atoms with Crippen molar-refractivity contribution in [1.29, 1.82) is 0 Å². The minimum atomic E-state index is -0.483. The molecule has 3 rings (SSSR count). The van der Waals surface area contributed by atoms with E-state index in [2.05, 4.69) is 15.7 Å². The summed E-state index contributed by atoms with van der Waals surface area (Å²) in [6, 6.07) is 1.93. The van der Waals surface area contributed by atoms with E-state index in [1.165, 1.54) is 0 Å². The summed E-state index contributed by atoms with van der Waals surface area (Å²) in [6.07, 6.45) is 5.60. The summed E-state index contributed by atoms with van der Waals surface area (Å²) in [4.78, 5) is 42.4. The number of carbonyl (C=O) groups is 3. The largest absolute Gasteiger partial charge is 0.387 e. The highest BCUT2D eigenvalue weighted by Crippen LogP contribution is 2.30. The van der Waals surface area contributed by atoms with Gasteiger partial charge in [0, 0.05) is 43.0 Å². The van der Waals surface area contributed by atoms with Gasteiger partial charge in [0.1, 0.15) is 6.61 Å². The zero-order valence-corrected chi connectivity index (χ0v) is 21.7. The van der Waals surface area contributed by atoms with Crippen LogP contribution in [0.25, 0.3) is 11.0 Å². The van der Waals surface area contributed by atoms with Crippen LogP contribution in [-0.4, -0.2) is 69.2 Å². The standard InChI is InChI=1S/C26H36N6O4/c1-16(2)32-25-22(13-29-32)21(26(36)27-12-18(4)17(3)10-19(5)28-15-34)11-23(30-25)20-6-8-31(9-7-20)24(35)14-33/h10-11,13,15-16,20,33H,6-9,12,14H2,1-5H3,(H,27,36)(H,28,34)/b18-17+,19-10-. The van der Waals surface area contributed by atoms with Crippen LogP contribution in [0.4, 0.5) is 0 Å². The number of aliphatic hydroxyl groups excluding tert-OH is 1. The van der Waals surface area contributed by atoms with Crippen molar-refractivity contribution in [2.75, 3.05) is 26.2 Å². The van der Waals surface area contributed by atoms with Gasteiger partial charge in [-0.3, -0.25) is 14.4 Å². The number of piperidine rings is 1. The van der Waals surface area contributed by atoms with Gasteiger partial charge in [-0.15, -0.1) is 0 Å². The number of fused-ring (bicyclic) bond motifs is 1. The Morgan fingerprint density at radius 1 is 1.22 bits per heavy atom. The fraction of sp³-hybridized carbons (Fsp3) is 0.500. The number of hydrogen-bond acceptors (Lipinski definition) is 6. The van der Waals surface area contributed by atoms with Gasteiger partial charge in [0.05, 0.1) is 17.1 Å². The van der Waals surface area contributed by atoms with E-state index in [1.54, 1.807) is 18.0 Å². The van der Waals surface area contributed by atoms with Crippen LogP contribution in [0.1, 0.15) is 75.5 Å². The lowest BCUT2D eigenvalue weighted by atomic mass is 9.91. The molecule has 0 aliphatic carbocycles. The van der Waals surface area contributed by atoms with Crippen LogP contribution in [0.15, 0.2) is 35.2 Å². The first-order chi connectivity index (χ1) is 17.2. The van der Waals surface area contributed by atoms with Gasteiger partial charge in [0.25, 0.3) is 5.91 Å². The molecule has 3 amide bonds. The quantitative estimate of drug-likeness (QED) is 0.361. The van der Waals surface area contributed by atoms with Crippen LogP contribution >= 0.6 is 0 Å². The number of nitrogens with zero attached hydrogens (tertiary/aromatic N) is 4. The van der Waals surface area contributed by atoms with Gasteiger partial charge in [-0.1, -0.05) is 5.57 Å². The molecule has 1 aliphatic heterocycles. The number of aromatic nitrogens is 3. The smallest absolute Gasteiger partial charge is 0.252 e. The van der Waals surface area contributed by atoms with Crippen molar-refractivity contribution in [1.82, 2.24) is 30.3 Å². The van der Waals surface area contributed by atoms with Gasteiger partial charge >= 0.3 is 0 Å². The van der Waals surface area contributed by atoms with Crippen molar-refractivity contribution in [2.24, 2.45) is 0 Å². The van der Waals surface area contributed by atoms with Crippen molar-refractivity contribution >= 4 is 29.3 Å². The fourth-order valence-electron chi connectivity index (χ4n) is 4.37. The van der Waals surface area contributed by atoms with Crippen molar-refractivity contribution in [2.45, 2.75) is 59.4 Å². The molecule has 1 saturated heterocycles. The van der Waals surface area contributed by atoms with Crippen molar-refractivity contribution in [3.8, 4) is 0 Å². The summed E-state index contributed by atoms with van der Waals surface area (Å²) in [7, 11) is 0. The maximum Gasteiger partial charge on any atom is 0.252 e. The zero-order chi connectivity index (χ0) is 26.4. The molecule has 2 aromatic rings. The molecule has 0 unspecified atom stereocenters. The van der Waals surface area contributed by atoms with Crippen LogP contribution in [0.2, 0.25) is 0 Å². The first-order valence-corrected chi connectivity index (χ1v) is 12.3. The Balaban J connectivity index is 1.88. The average molecular weight is 497 g/mol. The second-order valence-electron chi connectivity index (χ2n) is 9.56. The molecule has 36 heavy (non-hydrogen) atoms. The van der Waals surface area contributed by atoms with Crippen molar-refractivity contribution < 1.29 is 19.5 Å². The van der Waals surface area contributed by atoms with E-state index in [9.17, 15) is 14.4 Å². The topological polar surface area (TPSA) is 129 Å². The average Bonchev–Trinajstić information content (AvgIpc) is 3.30. The number of pyridine rings is 1. The lowest BCUT2D eigenvalue weighted by molar-refractivity contribution is -0.135.